The lowest BCUT2D eigenvalue weighted by Crippen LogP contribution is -2.41. The zero-order valence-corrected chi connectivity index (χ0v) is 20.3. The van der Waals surface area contributed by atoms with Crippen LogP contribution in [0.3, 0.4) is 0 Å². The standard InChI is InChI=1S/C27H30FN3O4/c1-17-16-30(10-11-34-17)25-15-24(32)22-13-18(27(33)29(2)3)12-21(26(22)35-25)23-8-5-9-31(23)20-7-4-6-19(28)14-20/h4,6-7,12-15,17,23H,5,8-11,16H2,1-3H3/t17-,23?/m1/s1. The average Bonchev–Trinajstić information content (AvgIpc) is 3.33. The highest BCUT2D eigenvalue weighted by molar-refractivity contribution is 5.98. The van der Waals surface area contributed by atoms with Crippen molar-refractivity contribution in [1.82, 2.24) is 4.90 Å². The van der Waals surface area contributed by atoms with E-state index in [-0.39, 0.29) is 29.3 Å². The Morgan fingerprint density at radius 3 is 2.71 bits per heavy atom. The topological polar surface area (TPSA) is 66.2 Å². The third-order valence-corrected chi connectivity index (χ3v) is 6.80. The number of anilines is 2. The molecule has 1 aromatic heterocycles. The summed E-state index contributed by atoms with van der Waals surface area (Å²) in [7, 11) is 3.37. The van der Waals surface area contributed by atoms with Gasteiger partial charge in [0.1, 0.15) is 11.4 Å². The average molecular weight is 480 g/mol. The molecular formula is C27H30FN3O4. The van der Waals surface area contributed by atoms with E-state index in [9.17, 15) is 14.0 Å². The molecule has 1 amide bonds. The molecule has 7 nitrogen and oxygen atoms in total. The zero-order valence-electron chi connectivity index (χ0n) is 20.3. The number of nitrogens with zero attached hydrogens (tertiary/aromatic N) is 3. The highest BCUT2D eigenvalue weighted by Crippen LogP contribution is 2.40. The SMILES string of the molecule is C[C@@H]1CN(c2cc(=O)c3cc(C(=O)N(C)C)cc(C4CCCN4c4cccc(F)c4)c3o2)CCO1. The third-order valence-electron chi connectivity index (χ3n) is 6.80. The van der Waals surface area contributed by atoms with Gasteiger partial charge in [-0.2, -0.15) is 0 Å². The van der Waals surface area contributed by atoms with Crippen LogP contribution in [0.1, 0.15) is 41.7 Å². The van der Waals surface area contributed by atoms with E-state index >= 15 is 0 Å². The molecule has 184 valence electrons. The molecule has 2 atom stereocenters. The Balaban J connectivity index is 1.68. The van der Waals surface area contributed by atoms with Crippen LogP contribution in [-0.4, -0.2) is 57.2 Å². The highest BCUT2D eigenvalue weighted by atomic mass is 19.1. The summed E-state index contributed by atoms with van der Waals surface area (Å²) in [5.41, 5.74) is 2.27. The molecule has 8 heteroatoms. The Bertz CT molecular complexity index is 1320. The van der Waals surface area contributed by atoms with Crippen molar-refractivity contribution < 1.29 is 18.3 Å². The molecule has 2 aliphatic heterocycles. The van der Waals surface area contributed by atoms with Gasteiger partial charge in [-0.3, -0.25) is 9.59 Å². The van der Waals surface area contributed by atoms with Gasteiger partial charge in [0.05, 0.1) is 24.1 Å². The predicted molar refractivity (Wildman–Crippen MR) is 134 cm³/mol. The van der Waals surface area contributed by atoms with Gasteiger partial charge in [-0.05, 0) is 50.1 Å². The molecule has 0 N–H and O–H groups in total. The zero-order chi connectivity index (χ0) is 24.7. The Hall–Kier alpha value is -3.39. The molecule has 3 aromatic rings. The smallest absolute Gasteiger partial charge is 0.253 e. The fourth-order valence-electron chi connectivity index (χ4n) is 5.13. The van der Waals surface area contributed by atoms with Gasteiger partial charge in [-0.25, -0.2) is 4.39 Å². The van der Waals surface area contributed by atoms with Gasteiger partial charge in [-0.15, -0.1) is 0 Å². The summed E-state index contributed by atoms with van der Waals surface area (Å²) >= 11 is 0. The van der Waals surface area contributed by atoms with Crippen LogP contribution in [0.15, 0.2) is 51.7 Å². The van der Waals surface area contributed by atoms with E-state index in [1.54, 1.807) is 26.2 Å². The molecule has 1 unspecified atom stereocenters. The van der Waals surface area contributed by atoms with Crippen molar-refractivity contribution >= 4 is 28.4 Å². The molecule has 0 saturated carbocycles. The molecule has 2 aliphatic rings. The molecule has 2 aromatic carbocycles. The van der Waals surface area contributed by atoms with Gasteiger partial charge in [0, 0.05) is 56.6 Å². The van der Waals surface area contributed by atoms with E-state index in [0.717, 1.165) is 30.6 Å². The summed E-state index contributed by atoms with van der Waals surface area (Å²) < 4.78 is 26.1. The second-order valence-corrected chi connectivity index (χ2v) is 9.55. The quantitative estimate of drug-likeness (QED) is 0.559. The molecule has 2 fully saturated rings. The number of hydrogen-bond donors (Lipinski definition) is 0. The Kier molecular flexibility index (Phi) is 6.23. The molecular weight excluding hydrogens is 449 g/mol. The van der Waals surface area contributed by atoms with Gasteiger partial charge in [-0.1, -0.05) is 6.07 Å². The van der Waals surface area contributed by atoms with Crippen LogP contribution in [-0.2, 0) is 4.74 Å². The molecule has 0 bridgehead atoms. The Labute approximate surface area is 203 Å². The molecule has 5 rings (SSSR count). The summed E-state index contributed by atoms with van der Waals surface area (Å²) in [4.78, 5) is 31.9. The molecule has 2 saturated heterocycles. The number of amides is 1. The summed E-state index contributed by atoms with van der Waals surface area (Å²) in [5.74, 6) is 0.0135. The van der Waals surface area contributed by atoms with Crippen LogP contribution in [0.25, 0.3) is 11.0 Å². The third kappa shape index (κ3) is 4.50. The first-order valence-corrected chi connectivity index (χ1v) is 12.0. The normalized spacial score (nSPS) is 20.5. The second-order valence-electron chi connectivity index (χ2n) is 9.55. The van der Waals surface area contributed by atoms with E-state index in [1.807, 2.05) is 24.0 Å². The van der Waals surface area contributed by atoms with Crippen molar-refractivity contribution in [2.75, 3.05) is 50.1 Å². The first-order valence-electron chi connectivity index (χ1n) is 12.0. The first-order chi connectivity index (χ1) is 16.8. The number of morpholine rings is 1. The van der Waals surface area contributed by atoms with Crippen molar-refractivity contribution in [1.29, 1.82) is 0 Å². The van der Waals surface area contributed by atoms with Crippen LogP contribution in [0.4, 0.5) is 16.0 Å². The van der Waals surface area contributed by atoms with Crippen LogP contribution < -0.4 is 15.2 Å². The minimum Gasteiger partial charge on any atom is -0.440 e. The van der Waals surface area contributed by atoms with Gasteiger partial charge in [0.25, 0.3) is 5.91 Å². The Morgan fingerprint density at radius 1 is 1.14 bits per heavy atom. The van der Waals surface area contributed by atoms with Crippen LogP contribution in [0.2, 0.25) is 0 Å². The Morgan fingerprint density at radius 2 is 1.97 bits per heavy atom. The predicted octanol–water partition coefficient (Wildman–Crippen LogP) is 4.20. The van der Waals surface area contributed by atoms with E-state index in [0.29, 0.717) is 42.1 Å². The minimum atomic E-state index is -0.301. The number of fused-ring (bicyclic) bond motifs is 1. The van der Waals surface area contributed by atoms with E-state index < -0.39 is 0 Å². The van der Waals surface area contributed by atoms with Crippen molar-refractivity contribution in [2.45, 2.75) is 31.9 Å². The number of ether oxygens (including phenoxy) is 1. The molecule has 0 radical (unpaired) electrons. The number of halogens is 1. The van der Waals surface area contributed by atoms with Crippen LogP contribution >= 0.6 is 0 Å². The lowest BCUT2D eigenvalue weighted by molar-refractivity contribution is 0.0517. The lowest BCUT2D eigenvalue weighted by Gasteiger charge is -2.32. The minimum absolute atomic E-state index is 0.0302. The molecule has 3 heterocycles. The number of carbonyl (C=O) groups is 1. The maximum Gasteiger partial charge on any atom is 0.253 e. The second kappa shape index (κ2) is 9.34. The maximum atomic E-state index is 14.1. The number of benzene rings is 2. The number of rotatable bonds is 4. The summed E-state index contributed by atoms with van der Waals surface area (Å²) in [6, 6.07) is 11.3. The monoisotopic (exact) mass is 479 g/mol. The van der Waals surface area contributed by atoms with E-state index in [2.05, 4.69) is 4.90 Å². The van der Waals surface area contributed by atoms with Crippen molar-refractivity contribution in [3.8, 4) is 0 Å². The van der Waals surface area contributed by atoms with E-state index in [1.165, 1.54) is 23.1 Å². The maximum absolute atomic E-state index is 14.1. The van der Waals surface area contributed by atoms with Crippen molar-refractivity contribution in [2.24, 2.45) is 0 Å². The lowest BCUT2D eigenvalue weighted by atomic mass is 9.97. The van der Waals surface area contributed by atoms with Crippen molar-refractivity contribution in [3.05, 3.63) is 69.6 Å². The first kappa shape index (κ1) is 23.4. The van der Waals surface area contributed by atoms with Gasteiger partial charge < -0.3 is 23.9 Å². The number of hydrogen-bond acceptors (Lipinski definition) is 6. The molecule has 0 spiro atoms. The fraction of sp³-hybridized carbons (Fsp3) is 0.407. The van der Waals surface area contributed by atoms with Gasteiger partial charge in [0.2, 0.25) is 0 Å². The van der Waals surface area contributed by atoms with Crippen LogP contribution in [0.5, 0.6) is 0 Å². The molecule has 0 aliphatic carbocycles. The summed E-state index contributed by atoms with van der Waals surface area (Å²) in [6.07, 6.45) is 1.73. The summed E-state index contributed by atoms with van der Waals surface area (Å²) in [6.45, 7) is 4.55. The van der Waals surface area contributed by atoms with Crippen molar-refractivity contribution in [3.63, 3.8) is 0 Å². The molecule has 35 heavy (non-hydrogen) atoms. The van der Waals surface area contributed by atoms with Crippen LogP contribution in [0, 0.1) is 5.82 Å². The highest BCUT2D eigenvalue weighted by Gasteiger charge is 2.31. The number of carbonyl (C=O) groups excluding carboxylic acids is 1. The van der Waals surface area contributed by atoms with Gasteiger partial charge >= 0.3 is 0 Å². The fourth-order valence-corrected chi connectivity index (χ4v) is 5.13. The largest absolute Gasteiger partial charge is 0.440 e. The van der Waals surface area contributed by atoms with Gasteiger partial charge in [0.15, 0.2) is 11.3 Å². The summed E-state index contributed by atoms with van der Waals surface area (Å²) in [5, 5.41) is 0.379. The van der Waals surface area contributed by atoms with E-state index in [4.69, 9.17) is 9.15 Å².